The third-order valence-corrected chi connectivity index (χ3v) is 3.30. The maximum atomic E-state index is 13.6. The zero-order valence-corrected chi connectivity index (χ0v) is 11.2. The van der Waals surface area contributed by atoms with Gasteiger partial charge in [-0.25, -0.2) is 4.39 Å². The van der Waals surface area contributed by atoms with Crippen LogP contribution in [0, 0.1) is 19.7 Å². The van der Waals surface area contributed by atoms with Crippen molar-refractivity contribution in [3.63, 3.8) is 0 Å². The lowest BCUT2D eigenvalue weighted by Gasteiger charge is -2.14. The average Bonchev–Trinajstić information content (AvgIpc) is 2.38. The van der Waals surface area contributed by atoms with Gasteiger partial charge in [-0.3, -0.25) is 0 Å². The second kappa shape index (κ2) is 5.85. The Morgan fingerprint density at radius 1 is 1.00 bits per heavy atom. The van der Waals surface area contributed by atoms with Crippen molar-refractivity contribution in [2.45, 2.75) is 27.0 Å². The molecule has 0 aliphatic rings. The van der Waals surface area contributed by atoms with Gasteiger partial charge in [0.15, 0.2) is 0 Å². The first-order valence-electron chi connectivity index (χ1n) is 6.29. The molecule has 100 valence electrons. The minimum Gasteiger partial charge on any atom is -0.488 e. The number of nitrogens with two attached hydrogens (primary N) is 1. The van der Waals surface area contributed by atoms with Crippen molar-refractivity contribution in [2.24, 2.45) is 5.73 Å². The first-order valence-corrected chi connectivity index (χ1v) is 6.29. The van der Waals surface area contributed by atoms with Crippen LogP contribution in [0.3, 0.4) is 0 Å². The van der Waals surface area contributed by atoms with Crippen LogP contribution >= 0.6 is 0 Å². The monoisotopic (exact) mass is 259 g/mol. The molecule has 0 spiro atoms. The van der Waals surface area contributed by atoms with Gasteiger partial charge >= 0.3 is 0 Å². The fraction of sp³-hybridized carbons (Fsp3) is 0.250. The SMILES string of the molecule is Cc1cccc(C)c1COc1cccc(F)c1CN. The maximum Gasteiger partial charge on any atom is 0.131 e. The van der Waals surface area contributed by atoms with Gasteiger partial charge in [-0.1, -0.05) is 24.3 Å². The van der Waals surface area contributed by atoms with Crippen molar-refractivity contribution in [3.8, 4) is 5.75 Å². The molecule has 0 fully saturated rings. The largest absolute Gasteiger partial charge is 0.488 e. The molecule has 0 aliphatic heterocycles. The Balaban J connectivity index is 2.22. The van der Waals surface area contributed by atoms with Crippen LogP contribution in [-0.2, 0) is 13.2 Å². The van der Waals surface area contributed by atoms with Crippen molar-refractivity contribution < 1.29 is 9.13 Å². The fourth-order valence-electron chi connectivity index (χ4n) is 2.10. The Kier molecular flexibility index (Phi) is 4.17. The number of hydrogen-bond acceptors (Lipinski definition) is 2. The Hall–Kier alpha value is -1.87. The van der Waals surface area contributed by atoms with E-state index in [1.54, 1.807) is 12.1 Å². The molecule has 0 aliphatic carbocycles. The maximum absolute atomic E-state index is 13.6. The lowest BCUT2D eigenvalue weighted by Crippen LogP contribution is -2.06. The molecule has 0 unspecified atom stereocenters. The van der Waals surface area contributed by atoms with Crippen LogP contribution in [0.5, 0.6) is 5.75 Å². The van der Waals surface area contributed by atoms with Crippen molar-refractivity contribution in [1.82, 2.24) is 0 Å². The fourth-order valence-corrected chi connectivity index (χ4v) is 2.10. The normalized spacial score (nSPS) is 10.5. The predicted molar refractivity (Wildman–Crippen MR) is 74.5 cm³/mol. The highest BCUT2D eigenvalue weighted by Gasteiger charge is 2.09. The van der Waals surface area contributed by atoms with Gasteiger partial charge in [0.05, 0.1) is 0 Å². The van der Waals surface area contributed by atoms with Gasteiger partial charge in [0.25, 0.3) is 0 Å². The zero-order chi connectivity index (χ0) is 13.8. The molecule has 0 amide bonds. The molecule has 0 saturated heterocycles. The summed E-state index contributed by atoms with van der Waals surface area (Å²) in [6.45, 7) is 4.64. The number of rotatable bonds is 4. The summed E-state index contributed by atoms with van der Waals surface area (Å²) < 4.78 is 19.3. The summed E-state index contributed by atoms with van der Waals surface area (Å²) in [5.41, 5.74) is 9.46. The summed E-state index contributed by atoms with van der Waals surface area (Å²) in [6.07, 6.45) is 0. The van der Waals surface area contributed by atoms with E-state index in [1.165, 1.54) is 17.2 Å². The first kappa shape index (κ1) is 13.6. The molecule has 2 aromatic rings. The van der Waals surface area contributed by atoms with Gasteiger partial charge in [0, 0.05) is 12.1 Å². The number of halogens is 1. The van der Waals surface area contributed by atoms with Gasteiger partial charge < -0.3 is 10.5 Å². The Morgan fingerprint density at radius 2 is 1.63 bits per heavy atom. The van der Waals surface area contributed by atoms with Crippen LogP contribution in [-0.4, -0.2) is 0 Å². The van der Waals surface area contributed by atoms with E-state index in [9.17, 15) is 4.39 Å². The summed E-state index contributed by atoms with van der Waals surface area (Å²) in [5.74, 6) is 0.201. The van der Waals surface area contributed by atoms with E-state index < -0.39 is 0 Å². The highest BCUT2D eigenvalue weighted by atomic mass is 19.1. The first-order chi connectivity index (χ1) is 9.13. The van der Waals surface area contributed by atoms with Gasteiger partial charge in [-0.2, -0.15) is 0 Å². The third-order valence-electron chi connectivity index (χ3n) is 3.30. The number of hydrogen-bond donors (Lipinski definition) is 1. The quantitative estimate of drug-likeness (QED) is 0.912. The van der Waals surface area contributed by atoms with Crippen LogP contribution in [0.1, 0.15) is 22.3 Å². The summed E-state index contributed by atoms with van der Waals surface area (Å²) in [5, 5.41) is 0. The molecule has 0 aromatic heterocycles. The van der Waals surface area contributed by atoms with Crippen molar-refractivity contribution in [1.29, 1.82) is 0 Å². The molecule has 0 bridgehead atoms. The third kappa shape index (κ3) is 2.93. The molecule has 2 N–H and O–H groups in total. The minimum atomic E-state index is -0.318. The van der Waals surface area contributed by atoms with Crippen molar-refractivity contribution in [3.05, 3.63) is 64.5 Å². The van der Waals surface area contributed by atoms with Crippen molar-refractivity contribution in [2.75, 3.05) is 0 Å². The number of benzene rings is 2. The molecule has 0 radical (unpaired) electrons. The van der Waals surface area contributed by atoms with E-state index in [2.05, 4.69) is 0 Å². The van der Waals surface area contributed by atoms with Gasteiger partial charge in [0.2, 0.25) is 0 Å². The van der Waals surface area contributed by atoms with Gasteiger partial charge in [-0.15, -0.1) is 0 Å². The molecule has 2 nitrogen and oxygen atoms in total. The van der Waals surface area contributed by atoms with E-state index in [-0.39, 0.29) is 12.4 Å². The summed E-state index contributed by atoms with van der Waals surface area (Å²) >= 11 is 0. The number of aryl methyl sites for hydroxylation is 2. The van der Waals surface area contributed by atoms with Gasteiger partial charge in [0.1, 0.15) is 18.2 Å². The lowest BCUT2D eigenvalue weighted by atomic mass is 10.0. The zero-order valence-electron chi connectivity index (χ0n) is 11.2. The van der Waals surface area contributed by atoms with Gasteiger partial charge in [-0.05, 0) is 42.7 Å². The smallest absolute Gasteiger partial charge is 0.131 e. The molecule has 19 heavy (non-hydrogen) atoms. The predicted octanol–water partition coefficient (Wildman–Crippen LogP) is 3.48. The Bertz CT molecular complexity index is 561. The lowest BCUT2D eigenvalue weighted by molar-refractivity contribution is 0.299. The second-order valence-electron chi connectivity index (χ2n) is 4.58. The van der Waals surface area contributed by atoms with Crippen LogP contribution in [0.4, 0.5) is 4.39 Å². The highest BCUT2D eigenvalue weighted by Crippen LogP contribution is 2.23. The topological polar surface area (TPSA) is 35.2 Å². The van der Waals surface area contributed by atoms with E-state index in [4.69, 9.17) is 10.5 Å². The van der Waals surface area contributed by atoms with E-state index >= 15 is 0 Å². The summed E-state index contributed by atoms with van der Waals surface area (Å²) in [6, 6.07) is 10.9. The Labute approximate surface area is 113 Å². The standard InChI is InChI=1S/C16H18FNO/c1-11-5-3-6-12(2)14(11)10-19-16-8-4-7-15(17)13(16)9-18/h3-8H,9-10,18H2,1-2H3. The van der Waals surface area contributed by atoms with Crippen LogP contribution in [0.15, 0.2) is 36.4 Å². The van der Waals surface area contributed by atoms with Crippen LogP contribution in [0.25, 0.3) is 0 Å². The average molecular weight is 259 g/mol. The molecule has 0 heterocycles. The van der Waals surface area contributed by atoms with Crippen molar-refractivity contribution >= 4 is 0 Å². The molecule has 3 heteroatoms. The van der Waals surface area contributed by atoms with E-state index in [0.717, 1.165) is 5.56 Å². The van der Waals surface area contributed by atoms with E-state index in [0.29, 0.717) is 17.9 Å². The van der Waals surface area contributed by atoms with Crippen LogP contribution in [0.2, 0.25) is 0 Å². The molecular weight excluding hydrogens is 241 g/mol. The molecular formula is C16H18FNO. The highest BCUT2D eigenvalue weighted by molar-refractivity contribution is 5.36. The Morgan fingerprint density at radius 3 is 2.26 bits per heavy atom. The molecule has 0 atom stereocenters. The summed E-state index contributed by atoms with van der Waals surface area (Å²) in [7, 11) is 0. The number of ether oxygens (including phenoxy) is 1. The summed E-state index contributed by atoms with van der Waals surface area (Å²) in [4.78, 5) is 0. The molecule has 2 aromatic carbocycles. The van der Waals surface area contributed by atoms with Crippen LogP contribution < -0.4 is 10.5 Å². The minimum absolute atomic E-state index is 0.134. The molecule has 2 rings (SSSR count). The molecule has 0 saturated carbocycles. The van der Waals surface area contributed by atoms with E-state index in [1.807, 2.05) is 32.0 Å². The second-order valence-corrected chi connectivity index (χ2v) is 4.58.